The monoisotopic (exact) mass is 372 g/mol. The van der Waals surface area contributed by atoms with Crippen LogP contribution in [0.5, 0.6) is 0 Å². The molecule has 0 saturated carbocycles. The molecule has 1 aliphatic heterocycles. The van der Waals surface area contributed by atoms with Gasteiger partial charge in [0, 0.05) is 32.7 Å². The van der Waals surface area contributed by atoms with Gasteiger partial charge in [-0.25, -0.2) is 4.68 Å². The normalized spacial score (nSPS) is 17.7. The summed E-state index contributed by atoms with van der Waals surface area (Å²) in [5.41, 5.74) is 0.627. The van der Waals surface area contributed by atoms with Gasteiger partial charge >= 0.3 is 0 Å². The highest BCUT2D eigenvalue weighted by Gasteiger charge is 2.22. The van der Waals surface area contributed by atoms with Gasteiger partial charge in [0.25, 0.3) is 5.56 Å². The number of halogens is 1. The van der Waals surface area contributed by atoms with Gasteiger partial charge in [-0.05, 0) is 28.3 Å². The highest BCUT2D eigenvalue weighted by Crippen LogP contribution is 2.18. The number of aryl methyl sites for hydroxylation is 1. The van der Waals surface area contributed by atoms with Gasteiger partial charge in [-0.3, -0.25) is 9.69 Å². The number of morpholine rings is 1. The topological polar surface area (TPSA) is 59.4 Å². The summed E-state index contributed by atoms with van der Waals surface area (Å²) in [5.74, 6) is 0.625. The van der Waals surface area contributed by atoms with Crippen LogP contribution in [-0.4, -0.2) is 53.6 Å². The number of hydrogen-bond donors (Lipinski definition) is 1. The molecule has 1 atom stereocenters. The van der Waals surface area contributed by atoms with Crippen molar-refractivity contribution in [2.75, 3.05) is 38.2 Å². The molecule has 22 heavy (non-hydrogen) atoms. The maximum Gasteiger partial charge on any atom is 0.282 e. The molecule has 0 bridgehead atoms. The summed E-state index contributed by atoms with van der Waals surface area (Å²) in [6.45, 7) is 8.81. The number of ether oxygens (including phenoxy) is 1. The molecule has 2 heterocycles. The van der Waals surface area contributed by atoms with Gasteiger partial charge in [-0.1, -0.05) is 13.8 Å². The summed E-state index contributed by atoms with van der Waals surface area (Å²) in [6, 6.07) is 0.430. The van der Waals surface area contributed by atoms with E-state index in [0.29, 0.717) is 16.4 Å². The quantitative estimate of drug-likeness (QED) is 0.823. The van der Waals surface area contributed by atoms with Gasteiger partial charge in [-0.15, -0.1) is 0 Å². The minimum atomic E-state index is -0.128. The molecule has 0 aromatic carbocycles. The Labute approximate surface area is 140 Å². The zero-order chi connectivity index (χ0) is 16.1. The third-order valence-electron chi connectivity index (χ3n) is 3.91. The number of nitrogens with zero attached hydrogens (tertiary/aromatic N) is 3. The smallest absolute Gasteiger partial charge is 0.282 e. The summed E-state index contributed by atoms with van der Waals surface area (Å²) in [6.07, 6.45) is 2.81. The minimum Gasteiger partial charge on any atom is -0.381 e. The second-order valence-electron chi connectivity index (χ2n) is 6.11. The third-order valence-corrected chi connectivity index (χ3v) is 4.68. The number of aromatic nitrogens is 2. The highest BCUT2D eigenvalue weighted by atomic mass is 79.9. The van der Waals surface area contributed by atoms with Crippen LogP contribution in [-0.2, 0) is 11.8 Å². The van der Waals surface area contributed by atoms with Crippen molar-refractivity contribution in [1.29, 1.82) is 0 Å². The van der Waals surface area contributed by atoms with Gasteiger partial charge < -0.3 is 10.1 Å². The molecular formula is C15H25BrN4O2. The number of hydrogen-bond acceptors (Lipinski definition) is 5. The molecule has 1 fully saturated rings. The average Bonchev–Trinajstić information content (AvgIpc) is 2.51. The van der Waals surface area contributed by atoms with E-state index < -0.39 is 0 Å². The summed E-state index contributed by atoms with van der Waals surface area (Å²) < 4.78 is 7.30. The van der Waals surface area contributed by atoms with Crippen molar-refractivity contribution in [2.24, 2.45) is 13.0 Å². The van der Waals surface area contributed by atoms with E-state index in [4.69, 9.17) is 4.74 Å². The summed E-state index contributed by atoms with van der Waals surface area (Å²) >= 11 is 3.36. The van der Waals surface area contributed by atoms with Crippen molar-refractivity contribution < 1.29 is 4.74 Å². The molecule has 7 heteroatoms. The van der Waals surface area contributed by atoms with Gasteiger partial charge in [0.15, 0.2) is 0 Å². The molecule has 0 amide bonds. The molecule has 0 spiro atoms. The van der Waals surface area contributed by atoms with Crippen LogP contribution in [0, 0.1) is 5.92 Å². The van der Waals surface area contributed by atoms with Crippen LogP contribution in [0.1, 0.15) is 20.3 Å². The van der Waals surface area contributed by atoms with Crippen molar-refractivity contribution >= 4 is 21.6 Å². The maximum atomic E-state index is 11.9. The molecule has 1 aliphatic rings. The first-order chi connectivity index (χ1) is 10.5. The van der Waals surface area contributed by atoms with Crippen LogP contribution in [0.2, 0.25) is 0 Å². The molecule has 0 radical (unpaired) electrons. The first kappa shape index (κ1) is 17.4. The maximum absolute atomic E-state index is 11.9. The molecule has 0 aliphatic carbocycles. The van der Waals surface area contributed by atoms with E-state index in [1.54, 1.807) is 13.2 Å². The molecule has 1 N–H and O–H groups in total. The molecule has 1 unspecified atom stereocenters. The van der Waals surface area contributed by atoms with Crippen molar-refractivity contribution in [3.8, 4) is 0 Å². The van der Waals surface area contributed by atoms with Gasteiger partial charge in [-0.2, -0.15) is 5.10 Å². The van der Waals surface area contributed by atoms with E-state index in [-0.39, 0.29) is 5.56 Å². The third kappa shape index (κ3) is 4.54. The van der Waals surface area contributed by atoms with Gasteiger partial charge in [0.05, 0.1) is 25.1 Å². The minimum absolute atomic E-state index is 0.128. The van der Waals surface area contributed by atoms with Crippen LogP contribution in [0.15, 0.2) is 15.5 Å². The lowest BCUT2D eigenvalue weighted by atomic mass is 10.0. The lowest BCUT2D eigenvalue weighted by Crippen LogP contribution is -2.47. The Hall–Kier alpha value is -0.920. The zero-order valence-corrected chi connectivity index (χ0v) is 15.1. The van der Waals surface area contributed by atoms with Crippen LogP contribution in [0.3, 0.4) is 0 Å². The van der Waals surface area contributed by atoms with E-state index in [9.17, 15) is 4.79 Å². The fourth-order valence-electron chi connectivity index (χ4n) is 2.71. The lowest BCUT2D eigenvalue weighted by Gasteiger charge is -2.35. The molecule has 2 rings (SSSR count). The Bertz CT molecular complexity index is 541. The fraction of sp³-hybridized carbons (Fsp3) is 0.733. The fourth-order valence-corrected chi connectivity index (χ4v) is 3.21. The van der Waals surface area contributed by atoms with E-state index in [0.717, 1.165) is 45.0 Å². The van der Waals surface area contributed by atoms with Gasteiger partial charge in [0.1, 0.15) is 4.47 Å². The molecule has 124 valence electrons. The van der Waals surface area contributed by atoms with Crippen LogP contribution in [0.25, 0.3) is 0 Å². The van der Waals surface area contributed by atoms with Crippen LogP contribution >= 0.6 is 15.9 Å². The van der Waals surface area contributed by atoms with E-state index >= 15 is 0 Å². The molecular weight excluding hydrogens is 348 g/mol. The molecule has 1 saturated heterocycles. The second kappa shape index (κ2) is 8.08. The Balaban J connectivity index is 2.04. The number of anilines is 1. The Kier molecular flexibility index (Phi) is 6.40. The predicted octanol–water partition coefficient (Wildman–Crippen LogP) is 1.70. The molecule has 6 nitrogen and oxygen atoms in total. The van der Waals surface area contributed by atoms with Crippen molar-refractivity contribution in [3.63, 3.8) is 0 Å². The largest absolute Gasteiger partial charge is 0.381 e. The second-order valence-corrected chi connectivity index (χ2v) is 6.91. The Morgan fingerprint density at radius 2 is 2.09 bits per heavy atom. The summed E-state index contributed by atoms with van der Waals surface area (Å²) in [7, 11) is 1.65. The van der Waals surface area contributed by atoms with E-state index in [1.165, 1.54) is 4.68 Å². The van der Waals surface area contributed by atoms with Crippen molar-refractivity contribution in [2.45, 2.75) is 26.3 Å². The predicted molar refractivity (Wildman–Crippen MR) is 91.3 cm³/mol. The lowest BCUT2D eigenvalue weighted by molar-refractivity contribution is 0.0151. The Morgan fingerprint density at radius 1 is 1.41 bits per heavy atom. The summed E-state index contributed by atoms with van der Waals surface area (Å²) in [4.78, 5) is 14.4. The van der Waals surface area contributed by atoms with Crippen LogP contribution in [0.4, 0.5) is 5.69 Å². The van der Waals surface area contributed by atoms with E-state index in [2.05, 4.69) is 45.1 Å². The van der Waals surface area contributed by atoms with Crippen molar-refractivity contribution in [1.82, 2.24) is 14.7 Å². The highest BCUT2D eigenvalue weighted by molar-refractivity contribution is 9.10. The number of nitrogens with one attached hydrogen (secondary N) is 1. The Morgan fingerprint density at radius 3 is 2.73 bits per heavy atom. The average molecular weight is 373 g/mol. The van der Waals surface area contributed by atoms with Crippen LogP contribution < -0.4 is 10.9 Å². The SMILES string of the molecule is CC(C)CC(CNc1cnn(C)c(=O)c1Br)N1CCOCC1. The summed E-state index contributed by atoms with van der Waals surface area (Å²) in [5, 5.41) is 7.45. The standard InChI is InChI=1S/C15H25BrN4O2/c1-11(2)8-12(20-4-6-22-7-5-20)9-17-13-10-18-19(3)15(21)14(13)16/h10-12,17H,4-9H2,1-3H3. The van der Waals surface area contributed by atoms with E-state index in [1.807, 2.05) is 0 Å². The number of rotatable bonds is 6. The van der Waals surface area contributed by atoms with Gasteiger partial charge in [0.2, 0.25) is 0 Å². The zero-order valence-electron chi connectivity index (χ0n) is 13.5. The first-order valence-electron chi connectivity index (χ1n) is 7.76. The van der Waals surface area contributed by atoms with Crippen molar-refractivity contribution in [3.05, 3.63) is 21.0 Å². The molecule has 1 aromatic heterocycles. The molecule has 1 aromatic rings. The first-order valence-corrected chi connectivity index (χ1v) is 8.55.